The van der Waals surface area contributed by atoms with E-state index in [0.29, 0.717) is 6.42 Å². The third kappa shape index (κ3) is 4.53. The zero-order chi connectivity index (χ0) is 16.1. The Labute approximate surface area is 150 Å². The van der Waals surface area contributed by atoms with E-state index in [-0.39, 0.29) is 12.0 Å². The molecule has 4 atom stereocenters. The van der Waals surface area contributed by atoms with Crippen molar-refractivity contribution >= 4 is 22.6 Å². The lowest BCUT2D eigenvalue weighted by Gasteiger charge is -2.39. The van der Waals surface area contributed by atoms with Crippen LogP contribution in [0.3, 0.4) is 0 Å². The highest BCUT2D eigenvalue weighted by Gasteiger charge is 2.37. The molecule has 0 amide bonds. The van der Waals surface area contributed by atoms with Gasteiger partial charge in [-0.05, 0) is 17.5 Å². The largest absolute Gasteiger partial charge is 0.367 e. The summed E-state index contributed by atoms with van der Waals surface area (Å²) < 4.78 is 12.7. The standard InChI is InChI=1S/C19H21IO3/c20-13-16-17(11-14-7-3-1-4-8-14)22-18(23-19(16)21)12-15-9-5-2-6-10-15/h1-10,16-19,21H,11-13H2/t16-,17+,18+,19-/m1/s1. The van der Waals surface area contributed by atoms with Gasteiger partial charge in [0.25, 0.3) is 0 Å². The van der Waals surface area contributed by atoms with Crippen molar-refractivity contribution in [3.8, 4) is 0 Å². The minimum atomic E-state index is -0.775. The fourth-order valence-corrected chi connectivity index (χ4v) is 3.89. The molecule has 0 unspecified atom stereocenters. The van der Waals surface area contributed by atoms with E-state index in [1.54, 1.807) is 0 Å². The van der Waals surface area contributed by atoms with Crippen LogP contribution in [0.15, 0.2) is 60.7 Å². The van der Waals surface area contributed by atoms with Crippen LogP contribution in [0.1, 0.15) is 11.1 Å². The third-order valence-electron chi connectivity index (χ3n) is 4.16. The molecule has 3 rings (SSSR count). The van der Waals surface area contributed by atoms with Crippen molar-refractivity contribution in [1.82, 2.24) is 0 Å². The molecule has 4 heteroatoms. The smallest absolute Gasteiger partial charge is 0.165 e. The lowest BCUT2D eigenvalue weighted by atomic mass is 9.95. The highest BCUT2D eigenvalue weighted by molar-refractivity contribution is 14.1. The second-order valence-corrected chi connectivity index (χ2v) is 6.71. The monoisotopic (exact) mass is 424 g/mol. The molecule has 1 aliphatic rings. The Kier molecular flexibility index (Phi) is 6.05. The summed E-state index contributed by atoms with van der Waals surface area (Å²) >= 11 is 2.29. The Morgan fingerprint density at radius 3 is 1.96 bits per heavy atom. The molecule has 2 aromatic rings. The first-order valence-corrected chi connectivity index (χ1v) is 9.41. The summed E-state index contributed by atoms with van der Waals surface area (Å²) in [6, 6.07) is 20.4. The third-order valence-corrected chi connectivity index (χ3v) is 5.18. The summed E-state index contributed by atoms with van der Waals surface area (Å²) in [5.74, 6) is -0.0113. The fraction of sp³-hybridized carbons (Fsp3) is 0.368. The molecular formula is C19H21IO3. The molecule has 1 fully saturated rings. The van der Waals surface area contributed by atoms with E-state index in [9.17, 15) is 5.11 Å². The van der Waals surface area contributed by atoms with Gasteiger partial charge in [0.05, 0.1) is 6.10 Å². The fourth-order valence-electron chi connectivity index (χ4n) is 2.89. The van der Waals surface area contributed by atoms with E-state index >= 15 is 0 Å². The van der Waals surface area contributed by atoms with Crippen molar-refractivity contribution in [2.24, 2.45) is 5.92 Å². The number of hydrogen-bond acceptors (Lipinski definition) is 3. The molecule has 1 aliphatic heterocycles. The van der Waals surface area contributed by atoms with Gasteiger partial charge in [-0.15, -0.1) is 0 Å². The van der Waals surface area contributed by atoms with Crippen LogP contribution >= 0.6 is 22.6 Å². The normalized spacial score (nSPS) is 27.7. The van der Waals surface area contributed by atoms with Crippen molar-refractivity contribution in [3.63, 3.8) is 0 Å². The maximum atomic E-state index is 10.4. The lowest BCUT2D eigenvalue weighted by molar-refractivity contribution is -0.315. The summed E-state index contributed by atoms with van der Waals surface area (Å²) in [4.78, 5) is 0. The number of hydrogen-bond donors (Lipinski definition) is 1. The summed E-state index contributed by atoms with van der Waals surface area (Å²) in [6.07, 6.45) is 0.229. The number of rotatable bonds is 5. The van der Waals surface area contributed by atoms with Gasteiger partial charge in [-0.2, -0.15) is 0 Å². The van der Waals surface area contributed by atoms with Gasteiger partial charge in [-0.3, -0.25) is 0 Å². The molecule has 1 heterocycles. The number of ether oxygens (including phenoxy) is 2. The topological polar surface area (TPSA) is 38.7 Å². The van der Waals surface area contributed by atoms with Gasteiger partial charge in [0, 0.05) is 16.8 Å². The number of alkyl halides is 1. The molecule has 2 aromatic carbocycles. The first kappa shape index (κ1) is 16.9. The Morgan fingerprint density at radius 2 is 1.39 bits per heavy atom. The molecule has 1 N–H and O–H groups in total. The highest BCUT2D eigenvalue weighted by atomic mass is 127. The Balaban J connectivity index is 1.70. The van der Waals surface area contributed by atoms with E-state index in [0.717, 1.165) is 16.4 Å². The molecule has 0 saturated carbocycles. The molecule has 0 spiro atoms. The van der Waals surface area contributed by atoms with Crippen LogP contribution in [-0.2, 0) is 22.3 Å². The summed E-state index contributed by atoms with van der Waals surface area (Å²) in [5, 5.41) is 10.4. The first-order chi connectivity index (χ1) is 11.3. The van der Waals surface area contributed by atoms with Gasteiger partial charge in [-0.1, -0.05) is 83.3 Å². The van der Waals surface area contributed by atoms with Crippen molar-refractivity contribution in [1.29, 1.82) is 0 Å². The zero-order valence-corrected chi connectivity index (χ0v) is 15.0. The highest BCUT2D eigenvalue weighted by Crippen LogP contribution is 2.29. The van der Waals surface area contributed by atoms with Crippen molar-refractivity contribution in [3.05, 3.63) is 71.8 Å². The average molecular weight is 424 g/mol. The van der Waals surface area contributed by atoms with E-state index in [2.05, 4.69) is 46.9 Å². The van der Waals surface area contributed by atoms with Gasteiger partial charge in [-0.25, -0.2) is 0 Å². The molecule has 0 radical (unpaired) electrons. The molecule has 0 aromatic heterocycles. The second-order valence-electron chi connectivity index (χ2n) is 5.83. The van der Waals surface area contributed by atoms with Crippen LogP contribution in [0, 0.1) is 5.92 Å². The van der Waals surface area contributed by atoms with E-state index in [4.69, 9.17) is 9.47 Å². The van der Waals surface area contributed by atoms with Crippen LogP contribution in [0.25, 0.3) is 0 Å². The van der Waals surface area contributed by atoms with Crippen LogP contribution in [0.5, 0.6) is 0 Å². The Bertz CT molecular complexity index is 590. The molecule has 3 nitrogen and oxygen atoms in total. The number of aliphatic hydroxyl groups is 1. The summed E-state index contributed by atoms with van der Waals surface area (Å²) in [7, 11) is 0. The zero-order valence-electron chi connectivity index (χ0n) is 12.8. The number of halogens is 1. The van der Waals surface area contributed by atoms with E-state index in [1.807, 2.05) is 36.4 Å². The molecule has 0 bridgehead atoms. The van der Waals surface area contributed by atoms with Crippen LogP contribution < -0.4 is 0 Å². The molecule has 23 heavy (non-hydrogen) atoms. The minimum absolute atomic E-state index is 0.0113. The van der Waals surface area contributed by atoms with Crippen molar-refractivity contribution in [2.75, 3.05) is 4.43 Å². The minimum Gasteiger partial charge on any atom is -0.367 e. The first-order valence-electron chi connectivity index (χ1n) is 7.89. The second kappa shape index (κ2) is 8.24. The molecular weight excluding hydrogens is 403 g/mol. The number of aliphatic hydroxyl groups excluding tert-OH is 1. The van der Waals surface area contributed by atoms with Gasteiger partial charge in [0.1, 0.15) is 0 Å². The maximum absolute atomic E-state index is 10.4. The van der Waals surface area contributed by atoms with Gasteiger partial charge in [0.2, 0.25) is 0 Å². The molecule has 1 saturated heterocycles. The van der Waals surface area contributed by atoms with Crippen LogP contribution in [0.2, 0.25) is 0 Å². The average Bonchev–Trinajstić information content (AvgIpc) is 2.57. The predicted molar refractivity (Wildman–Crippen MR) is 98.4 cm³/mol. The quantitative estimate of drug-likeness (QED) is 0.589. The summed E-state index contributed by atoms with van der Waals surface area (Å²) in [5.41, 5.74) is 2.37. The van der Waals surface area contributed by atoms with Crippen molar-refractivity contribution in [2.45, 2.75) is 31.5 Å². The SMILES string of the molecule is O[C@@H]1O[C@@H](Cc2ccccc2)O[C@@H](Cc2ccccc2)[C@H]1CI. The van der Waals surface area contributed by atoms with E-state index < -0.39 is 12.6 Å². The van der Waals surface area contributed by atoms with Gasteiger partial charge < -0.3 is 14.6 Å². The predicted octanol–water partition coefficient (Wildman–Crippen LogP) is 3.58. The lowest BCUT2D eigenvalue weighted by Crippen LogP contribution is -2.48. The number of benzene rings is 2. The van der Waals surface area contributed by atoms with Crippen LogP contribution in [-0.4, -0.2) is 28.2 Å². The van der Waals surface area contributed by atoms with Crippen molar-refractivity contribution < 1.29 is 14.6 Å². The molecule has 0 aliphatic carbocycles. The van der Waals surface area contributed by atoms with Crippen LogP contribution in [0.4, 0.5) is 0 Å². The summed E-state index contributed by atoms with van der Waals surface area (Å²) in [6.45, 7) is 0. The maximum Gasteiger partial charge on any atom is 0.165 e. The van der Waals surface area contributed by atoms with Gasteiger partial charge in [0.15, 0.2) is 12.6 Å². The Hall–Kier alpha value is -0.950. The van der Waals surface area contributed by atoms with Gasteiger partial charge >= 0.3 is 0 Å². The Morgan fingerprint density at radius 1 is 0.826 bits per heavy atom. The molecule has 122 valence electrons. The van der Waals surface area contributed by atoms with E-state index in [1.165, 1.54) is 5.56 Å².